The molecule has 0 aliphatic carbocycles. The molecule has 2 aromatic rings. The van der Waals surface area contributed by atoms with E-state index in [0.717, 1.165) is 30.4 Å². The Morgan fingerprint density at radius 3 is 1.57 bits per heavy atom. The molecular formula is C22H30N4O2. The van der Waals surface area contributed by atoms with Crippen LogP contribution < -0.4 is 21.3 Å². The summed E-state index contributed by atoms with van der Waals surface area (Å²) >= 11 is 0. The van der Waals surface area contributed by atoms with E-state index in [9.17, 15) is 9.59 Å². The predicted octanol–water partition coefficient (Wildman–Crippen LogP) is 5.15. The number of aryl methyl sites for hydroxylation is 2. The molecule has 0 aromatic heterocycles. The molecule has 0 atom stereocenters. The van der Waals surface area contributed by atoms with Crippen LogP contribution in [0.4, 0.5) is 21.0 Å². The minimum Gasteiger partial charge on any atom is -0.318 e. The highest BCUT2D eigenvalue weighted by Crippen LogP contribution is 2.10. The second-order valence-electron chi connectivity index (χ2n) is 6.98. The number of unbranched alkanes of at least 4 members (excludes halogenated alkanes) is 2. The molecule has 0 spiro atoms. The molecule has 6 nitrogen and oxygen atoms in total. The van der Waals surface area contributed by atoms with Crippen molar-refractivity contribution in [3.63, 3.8) is 0 Å². The van der Waals surface area contributed by atoms with Gasteiger partial charge in [0.2, 0.25) is 0 Å². The van der Waals surface area contributed by atoms with Crippen molar-refractivity contribution in [2.24, 2.45) is 0 Å². The van der Waals surface area contributed by atoms with Crippen LogP contribution in [0, 0.1) is 13.8 Å². The van der Waals surface area contributed by atoms with Crippen LogP contribution in [-0.4, -0.2) is 18.2 Å². The molecule has 28 heavy (non-hydrogen) atoms. The van der Waals surface area contributed by atoms with Crippen molar-refractivity contribution < 1.29 is 9.59 Å². The Kier molecular flexibility index (Phi) is 8.34. The highest BCUT2D eigenvalue weighted by molar-refractivity contribution is 5.91. The number of rotatable bonds is 8. The van der Waals surface area contributed by atoms with E-state index in [4.69, 9.17) is 0 Å². The van der Waals surface area contributed by atoms with Crippen LogP contribution >= 0.6 is 0 Å². The normalized spacial score (nSPS) is 10.4. The Hall–Kier alpha value is -3.02. The van der Waals surface area contributed by atoms with Crippen LogP contribution in [0.5, 0.6) is 0 Å². The monoisotopic (exact) mass is 382 g/mol. The topological polar surface area (TPSA) is 82.3 Å². The summed E-state index contributed by atoms with van der Waals surface area (Å²) in [6, 6.07) is 14.4. The van der Waals surface area contributed by atoms with Gasteiger partial charge in [0.1, 0.15) is 6.17 Å². The third-order valence-electron chi connectivity index (χ3n) is 4.33. The molecule has 0 bridgehead atoms. The molecule has 6 heteroatoms. The summed E-state index contributed by atoms with van der Waals surface area (Å²) in [7, 11) is 0. The molecule has 0 aliphatic rings. The molecule has 0 saturated heterocycles. The Balaban J connectivity index is 1.91. The van der Waals surface area contributed by atoms with E-state index in [1.165, 1.54) is 0 Å². The summed E-state index contributed by atoms with van der Waals surface area (Å²) in [5, 5.41) is 11.3. The molecule has 0 fully saturated rings. The Bertz CT molecular complexity index is 696. The van der Waals surface area contributed by atoms with E-state index in [1.807, 2.05) is 62.4 Å². The van der Waals surface area contributed by atoms with Crippen molar-refractivity contribution >= 4 is 23.4 Å². The lowest BCUT2D eigenvalue weighted by Crippen LogP contribution is -2.50. The maximum atomic E-state index is 12.3. The maximum absolute atomic E-state index is 12.3. The quantitative estimate of drug-likeness (QED) is 0.376. The van der Waals surface area contributed by atoms with Gasteiger partial charge in [0.25, 0.3) is 0 Å². The van der Waals surface area contributed by atoms with Crippen molar-refractivity contribution in [3.05, 3.63) is 59.7 Å². The minimum atomic E-state index is -0.456. The fourth-order valence-electron chi connectivity index (χ4n) is 2.70. The van der Waals surface area contributed by atoms with Gasteiger partial charge >= 0.3 is 12.1 Å². The smallest absolute Gasteiger partial charge is 0.318 e. The number of nitrogens with one attached hydrogen (secondary N) is 4. The zero-order chi connectivity index (χ0) is 20.4. The highest BCUT2D eigenvalue weighted by atomic mass is 16.2. The molecule has 4 amide bonds. The number of carbonyl (C=O) groups is 2. The van der Waals surface area contributed by atoms with Gasteiger partial charge in [-0.15, -0.1) is 0 Å². The van der Waals surface area contributed by atoms with Crippen molar-refractivity contribution in [1.82, 2.24) is 10.6 Å². The summed E-state index contributed by atoms with van der Waals surface area (Å²) in [6.07, 6.45) is 3.23. The lowest BCUT2D eigenvalue weighted by molar-refractivity contribution is 0.236. The number of anilines is 2. The van der Waals surface area contributed by atoms with Gasteiger partial charge in [0.05, 0.1) is 0 Å². The van der Waals surface area contributed by atoms with Crippen molar-refractivity contribution in [2.75, 3.05) is 10.6 Å². The van der Waals surface area contributed by atoms with Gasteiger partial charge in [-0.1, -0.05) is 55.2 Å². The van der Waals surface area contributed by atoms with Crippen LogP contribution in [-0.2, 0) is 0 Å². The molecule has 0 unspecified atom stereocenters. The first-order chi connectivity index (χ1) is 13.5. The van der Waals surface area contributed by atoms with Gasteiger partial charge in [-0.3, -0.25) is 0 Å². The van der Waals surface area contributed by atoms with E-state index in [-0.39, 0.29) is 12.1 Å². The number of amides is 4. The first-order valence-corrected chi connectivity index (χ1v) is 9.74. The van der Waals surface area contributed by atoms with E-state index < -0.39 is 6.17 Å². The molecule has 2 rings (SSSR count). The van der Waals surface area contributed by atoms with Gasteiger partial charge in [0.15, 0.2) is 0 Å². The van der Waals surface area contributed by atoms with E-state index in [2.05, 4.69) is 28.2 Å². The molecule has 0 heterocycles. The molecule has 2 aromatic carbocycles. The van der Waals surface area contributed by atoms with Crippen molar-refractivity contribution in [1.29, 1.82) is 0 Å². The fraction of sp³-hybridized carbons (Fsp3) is 0.364. The molecule has 4 N–H and O–H groups in total. The molecule has 0 radical (unpaired) electrons. The molecule has 150 valence electrons. The lowest BCUT2D eigenvalue weighted by Gasteiger charge is -2.21. The summed E-state index contributed by atoms with van der Waals surface area (Å²) in [6.45, 7) is 6.10. The third kappa shape index (κ3) is 7.70. The Morgan fingerprint density at radius 2 is 1.18 bits per heavy atom. The largest absolute Gasteiger partial charge is 0.320 e. The average Bonchev–Trinajstić information content (AvgIpc) is 2.65. The molecule has 0 saturated carbocycles. The number of benzene rings is 2. The summed E-state index contributed by atoms with van der Waals surface area (Å²) < 4.78 is 0. The van der Waals surface area contributed by atoms with Gasteiger partial charge in [0, 0.05) is 11.4 Å². The number of hydrogen-bond acceptors (Lipinski definition) is 2. The SMILES string of the molecule is CCCCCC(NC(=O)Nc1ccc(C)cc1)NC(=O)Nc1ccc(C)cc1. The number of hydrogen-bond donors (Lipinski definition) is 4. The average molecular weight is 383 g/mol. The predicted molar refractivity (Wildman–Crippen MR) is 115 cm³/mol. The summed E-state index contributed by atoms with van der Waals surface area (Å²) in [5.41, 5.74) is 3.66. The zero-order valence-corrected chi connectivity index (χ0v) is 16.8. The lowest BCUT2D eigenvalue weighted by atomic mass is 10.1. The van der Waals surface area contributed by atoms with Crippen LogP contribution in [0.15, 0.2) is 48.5 Å². The highest BCUT2D eigenvalue weighted by Gasteiger charge is 2.15. The Morgan fingerprint density at radius 1 is 0.750 bits per heavy atom. The second kappa shape index (κ2) is 11.0. The van der Waals surface area contributed by atoms with Crippen molar-refractivity contribution in [2.45, 2.75) is 52.6 Å². The fourth-order valence-corrected chi connectivity index (χ4v) is 2.70. The third-order valence-corrected chi connectivity index (χ3v) is 4.33. The summed E-state index contributed by atoms with van der Waals surface area (Å²) in [5.74, 6) is 0. The summed E-state index contributed by atoms with van der Waals surface area (Å²) in [4.78, 5) is 24.6. The van der Waals surface area contributed by atoms with Crippen LogP contribution in [0.25, 0.3) is 0 Å². The molecular weight excluding hydrogens is 352 g/mol. The first-order valence-electron chi connectivity index (χ1n) is 9.74. The van der Waals surface area contributed by atoms with E-state index in [1.54, 1.807) is 0 Å². The van der Waals surface area contributed by atoms with Gasteiger partial charge in [-0.2, -0.15) is 0 Å². The second-order valence-corrected chi connectivity index (χ2v) is 6.98. The van der Waals surface area contributed by atoms with Gasteiger partial charge in [-0.25, -0.2) is 9.59 Å². The first kappa shape index (κ1) is 21.3. The van der Waals surface area contributed by atoms with Crippen LogP contribution in [0.2, 0.25) is 0 Å². The van der Waals surface area contributed by atoms with Crippen LogP contribution in [0.3, 0.4) is 0 Å². The standard InChI is InChI=1S/C22H30N4O2/c1-4-5-6-7-20(25-21(27)23-18-12-8-16(2)9-13-18)26-22(28)24-19-14-10-17(3)11-15-19/h8-15,20H,4-7H2,1-3H3,(H2,23,25,27)(H2,24,26,28). The van der Waals surface area contributed by atoms with Gasteiger partial charge < -0.3 is 21.3 Å². The number of urea groups is 2. The zero-order valence-electron chi connectivity index (χ0n) is 16.8. The maximum Gasteiger partial charge on any atom is 0.320 e. The minimum absolute atomic E-state index is 0.346. The number of carbonyl (C=O) groups excluding carboxylic acids is 2. The van der Waals surface area contributed by atoms with Crippen LogP contribution in [0.1, 0.15) is 43.7 Å². The van der Waals surface area contributed by atoms with Gasteiger partial charge in [-0.05, 0) is 51.0 Å². The van der Waals surface area contributed by atoms with E-state index in [0.29, 0.717) is 17.8 Å². The molecule has 0 aliphatic heterocycles. The Labute approximate surface area is 167 Å². The van der Waals surface area contributed by atoms with E-state index >= 15 is 0 Å². The van der Waals surface area contributed by atoms with Crippen molar-refractivity contribution in [3.8, 4) is 0 Å².